The van der Waals surface area contributed by atoms with E-state index < -0.39 is 0 Å². The predicted octanol–water partition coefficient (Wildman–Crippen LogP) is 0.410. The highest BCUT2D eigenvalue weighted by Crippen LogP contribution is 2.54. The molecule has 0 aromatic heterocycles. The zero-order valence-electron chi connectivity index (χ0n) is 5.04. The van der Waals surface area contributed by atoms with E-state index in [-0.39, 0.29) is 11.8 Å². The second-order valence-corrected chi connectivity index (χ2v) is 2.91. The first kappa shape index (κ1) is 5.15. The average Bonchev–Trinajstić information content (AvgIpc) is 2.46. The summed E-state index contributed by atoms with van der Waals surface area (Å²) < 4.78 is 0. The fourth-order valence-corrected chi connectivity index (χ4v) is 1.89. The highest BCUT2D eigenvalue weighted by Gasteiger charge is 2.57. The highest BCUT2D eigenvalue weighted by atomic mass is 16.1. The molecule has 0 spiro atoms. The first-order valence-electron chi connectivity index (χ1n) is 3.32. The van der Waals surface area contributed by atoms with Crippen molar-refractivity contribution in [3.05, 3.63) is 0 Å². The number of carbonyl (C=O) groups is 2. The highest BCUT2D eigenvalue weighted by molar-refractivity contribution is 5.91. The zero-order valence-corrected chi connectivity index (χ0v) is 5.04. The molecule has 2 aliphatic carbocycles. The van der Waals surface area contributed by atoms with E-state index in [1.165, 1.54) is 0 Å². The Balaban J connectivity index is 2.14. The van der Waals surface area contributed by atoms with E-state index in [2.05, 4.69) is 0 Å². The van der Waals surface area contributed by atoms with Gasteiger partial charge < -0.3 is 4.79 Å². The first-order chi connectivity index (χ1) is 4.34. The summed E-state index contributed by atoms with van der Waals surface area (Å²) >= 11 is 0. The van der Waals surface area contributed by atoms with Gasteiger partial charge in [0.05, 0.1) is 0 Å². The molecule has 0 amide bonds. The van der Waals surface area contributed by atoms with Crippen LogP contribution in [0, 0.1) is 17.8 Å². The normalized spacial score (nSPS) is 46.7. The van der Waals surface area contributed by atoms with Gasteiger partial charge >= 0.3 is 0 Å². The molecular formula is C7H8O2. The molecular weight excluding hydrogens is 116 g/mol. The molecule has 2 rings (SSSR count). The third-order valence-corrected chi connectivity index (χ3v) is 2.48. The summed E-state index contributed by atoms with van der Waals surface area (Å²) in [5, 5.41) is 0. The van der Waals surface area contributed by atoms with Gasteiger partial charge in [-0.05, 0) is 12.3 Å². The summed E-state index contributed by atoms with van der Waals surface area (Å²) in [5.41, 5.74) is 0. The lowest BCUT2D eigenvalue weighted by Gasteiger charge is -1.89. The van der Waals surface area contributed by atoms with Crippen LogP contribution in [0.4, 0.5) is 0 Å². The van der Waals surface area contributed by atoms with Gasteiger partial charge in [-0.3, -0.25) is 4.79 Å². The fraction of sp³-hybridized carbons (Fsp3) is 0.714. The number of carbonyl (C=O) groups excluding carboxylic acids is 2. The van der Waals surface area contributed by atoms with Gasteiger partial charge in [0.25, 0.3) is 0 Å². The van der Waals surface area contributed by atoms with E-state index in [1.54, 1.807) is 0 Å². The van der Waals surface area contributed by atoms with Crippen LogP contribution in [0.25, 0.3) is 0 Å². The van der Waals surface area contributed by atoms with Crippen molar-refractivity contribution >= 4 is 12.1 Å². The van der Waals surface area contributed by atoms with Crippen molar-refractivity contribution in [1.82, 2.24) is 0 Å². The Hall–Kier alpha value is -0.660. The topological polar surface area (TPSA) is 34.1 Å². The third kappa shape index (κ3) is 0.506. The SMILES string of the molecule is O=C[C@H]1[C@@H]2CCC(=O)[C@H]12. The van der Waals surface area contributed by atoms with Crippen molar-refractivity contribution in [2.75, 3.05) is 0 Å². The summed E-state index contributed by atoms with van der Waals surface area (Å²) in [4.78, 5) is 21.0. The lowest BCUT2D eigenvalue weighted by Crippen LogP contribution is -1.99. The van der Waals surface area contributed by atoms with Gasteiger partial charge in [-0.1, -0.05) is 0 Å². The van der Waals surface area contributed by atoms with E-state index in [0.717, 1.165) is 19.1 Å². The smallest absolute Gasteiger partial charge is 0.137 e. The van der Waals surface area contributed by atoms with Crippen LogP contribution in [0.1, 0.15) is 12.8 Å². The van der Waals surface area contributed by atoms with E-state index in [9.17, 15) is 9.59 Å². The number of rotatable bonds is 1. The third-order valence-electron chi connectivity index (χ3n) is 2.48. The van der Waals surface area contributed by atoms with Crippen molar-refractivity contribution < 1.29 is 9.59 Å². The quantitative estimate of drug-likeness (QED) is 0.474. The van der Waals surface area contributed by atoms with Crippen LogP contribution in [-0.4, -0.2) is 12.1 Å². The number of hydrogen-bond donors (Lipinski definition) is 0. The van der Waals surface area contributed by atoms with Crippen LogP contribution < -0.4 is 0 Å². The van der Waals surface area contributed by atoms with E-state index >= 15 is 0 Å². The maximum Gasteiger partial charge on any atom is 0.137 e. The largest absolute Gasteiger partial charge is 0.303 e. The summed E-state index contributed by atoms with van der Waals surface area (Å²) in [6.07, 6.45) is 2.62. The molecule has 9 heavy (non-hydrogen) atoms. The summed E-state index contributed by atoms with van der Waals surface area (Å²) in [7, 11) is 0. The van der Waals surface area contributed by atoms with Crippen LogP contribution in [0.3, 0.4) is 0 Å². The molecule has 3 atom stereocenters. The Morgan fingerprint density at radius 2 is 2.33 bits per heavy atom. The molecule has 0 saturated heterocycles. The van der Waals surface area contributed by atoms with Crippen molar-refractivity contribution in [1.29, 1.82) is 0 Å². The van der Waals surface area contributed by atoms with Crippen molar-refractivity contribution in [3.63, 3.8) is 0 Å². The van der Waals surface area contributed by atoms with Gasteiger partial charge in [-0.15, -0.1) is 0 Å². The predicted molar refractivity (Wildman–Crippen MR) is 30.8 cm³/mol. The van der Waals surface area contributed by atoms with Gasteiger partial charge in [0.2, 0.25) is 0 Å². The molecule has 0 aromatic carbocycles. The average molecular weight is 124 g/mol. The van der Waals surface area contributed by atoms with Gasteiger partial charge in [0, 0.05) is 18.3 Å². The molecule has 0 heterocycles. The molecule has 48 valence electrons. The van der Waals surface area contributed by atoms with Gasteiger partial charge in [0.15, 0.2) is 0 Å². The number of Topliss-reactive ketones (excluding diaryl/α,β-unsaturated/α-hetero) is 1. The minimum absolute atomic E-state index is 0.117. The summed E-state index contributed by atoms with van der Waals surface area (Å²) in [5.74, 6) is 1.04. The zero-order chi connectivity index (χ0) is 6.43. The molecule has 2 nitrogen and oxygen atoms in total. The van der Waals surface area contributed by atoms with E-state index in [1.807, 2.05) is 0 Å². The molecule has 0 N–H and O–H groups in total. The minimum Gasteiger partial charge on any atom is -0.303 e. The lowest BCUT2D eigenvalue weighted by molar-refractivity contribution is -0.121. The monoisotopic (exact) mass is 124 g/mol. The van der Waals surface area contributed by atoms with Crippen molar-refractivity contribution in [2.45, 2.75) is 12.8 Å². The molecule has 0 bridgehead atoms. The maximum atomic E-state index is 10.8. The minimum atomic E-state index is 0.117. The Labute approximate surface area is 53.2 Å². The van der Waals surface area contributed by atoms with Crippen LogP contribution in [0.2, 0.25) is 0 Å². The standard InChI is InChI=1S/C7H8O2/c8-3-5-4-1-2-6(9)7(4)5/h3-5,7H,1-2H2/t4-,5-,7-/m0/s1. The van der Waals surface area contributed by atoms with Crippen LogP contribution >= 0.6 is 0 Å². The Morgan fingerprint density at radius 3 is 2.67 bits per heavy atom. The molecule has 2 heteroatoms. The first-order valence-corrected chi connectivity index (χ1v) is 3.32. The summed E-state index contributed by atoms with van der Waals surface area (Å²) in [6.45, 7) is 0. The van der Waals surface area contributed by atoms with Crippen molar-refractivity contribution in [2.24, 2.45) is 17.8 Å². The second-order valence-electron chi connectivity index (χ2n) is 2.91. The molecule has 2 saturated carbocycles. The van der Waals surface area contributed by atoms with Crippen LogP contribution in [0.5, 0.6) is 0 Å². The Morgan fingerprint density at radius 1 is 1.56 bits per heavy atom. The fourth-order valence-electron chi connectivity index (χ4n) is 1.89. The number of fused-ring (bicyclic) bond motifs is 1. The molecule has 0 unspecified atom stereocenters. The van der Waals surface area contributed by atoms with E-state index in [0.29, 0.717) is 11.7 Å². The van der Waals surface area contributed by atoms with Crippen LogP contribution in [0.15, 0.2) is 0 Å². The lowest BCUT2D eigenvalue weighted by atomic mass is 10.1. The molecule has 2 aliphatic rings. The molecule has 2 fully saturated rings. The van der Waals surface area contributed by atoms with Crippen molar-refractivity contribution in [3.8, 4) is 0 Å². The number of aldehydes is 1. The molecule has 0 radical (unpaired) electrons. The second kappa shape index (κ2) is 1.43. The Kier molecular flexibility index (Phi) is 0.821. The van der Waals surface area contributed by atoms with E-state index in [4.69, 9.17) is 0 Å². The van der Waals surface area contributed by atoms with Gasteiger partial charge in [-0.25, -0.2) is 0 Å². The number of hydrogen-bond acceptors (Lipinski definition) is 2. The molecule has 0 aromatic rings. The summed E-state index contributed by atoms with van der Waals surface area (Å²) in [6, 6.07) is 0. The number of ketones is 1. The Bertz CT molecular complexity index is 174. The van der Waals surface area contributed by atoms with Gasteiger partial charge in [-0.2, -0.15) is 0 Å². The molecule has 0 aliphatic heterocycles. The maximum absolute atomic E-state index is 10.8. The van der Waals surface area contributed by atoms with Gasteiger partial charge in [0.1, 0.15) is 12.1 Å². The van der Waals surface area contributed by atoms with Crippen LogP contribution in [-0.2, 0) is 9.59 Å².